The van der Waals surface area contributed by atoms with Gasteiger partial charge in [0.2, 0.25) is 5.76 Å². The van der Waals surface area contributed by atoms with Crippen LogP contribution >= 0.6 is 23.7 Å². The standard InChI is InChI=1S/C18H22N4O3S.ClH/c1-12-10-15(25-20-12)17(23)22(9-5-8-21(2)3)18-19-14-7-6-13(24-4)11-16(14)26-18;/h6-7,10-11H,5,8-9H2,1-4H3;1H. The molecule has 27 heavy (non-hydrogen) atoms. The van der Waals surface area contributed by atoms with Crippen LogP contribution in [0.5, 0.6) is 5.75 Å². The highest BCUT2D eigenvalue weighted by molar-refractivity contribution is 7.22. The lowest BCUT2D eigenvalue weighted by Gasteiger charge is -2.19. The molecule has 0 bridgehead atoms. The highest BCUT2D eigenvalue weighted by Crippen LogP contribution is 2.32. The molecule has 3 aromatic rings. The van der Waals surface area contributed by atoms with Gasteiger partial charge in [0.1, 0.15) is 5.75 Å². The zero-order chi connectivity index (χ0) is 18.7. The van der Waals surface area contributed by atoms with Gasteiger partial charge in [-0.2, -0.15) is 0 Å². The van der Waals surface area contributed by atoms with Crippen LogP contribution < -0.4 is 9.64 Å². The Balaban J connectivity index is 0.00000261. The molecule has 9 heteroatoms. The smallest absolute Gasteiger partial charge is 0.298 e. The molecule has 2 aromatic heterocycles. The zero-order valence-electron chi connectivity index (χ0n) is 15.8. The molecule has 0 saturated carbocycles. The third kappa shape index (κ3) is 4.97. The Morgan fingerprint density at radius 3 is 2.67 bits per heavy atom. The second-order valence-electron chi connectivity index (χ2n) is 6.28. The maximum absolute atomic E-state index is 13.0. The van der Waals surface area contributed by atoms with Crippen LogP contribution in [0, 0.1) is 6.92 Å². The summed E-state index contributed by atoms with van der Waals surface area (Å²) in [5, 5.41) is 4.47. The Morgan fingerprint density at radius 1 is 1.26 bits per heavy atom. The van der Waals surface area contributed by atoms with Gasteiger partial charge in [0, 0.05) is 12.6 Å². The van der Waals surface area contributed by atoms with Crippen LogP contribution in [-0.4, -0.2) is 55.2 Å². The molecule has 0 aliphatic rings. The molecule has 2 heterocycles. The summed E-state index contributed by atoms with van der Waals surface area (Å²) in [5.41, 5.74) is 1.51. The van der Waals surface area contributed by atoms with E-state index in [9.17, 15) is 4.79 Å². The number of carbonyl (C=O) groups is 1. The molecular weight excluding hydrogens is 388 g/mol. The van der Waals surface area contributed by atoms with Crippen LogP contribution in [0.3, 0.4) is 0 Å². The largest absolute Gasteiger partial charge is 0.497 e. The van der Waals surface area contributed by atoms with Gasteiger partial charge in [0.25, 0.3) is 5.91 Å². The van der Waals surface area contributed by atoms with Crippen LogP contribution in [0.1, 0.15) is 22.7 Å². The van der Waals surface area contributed by atoms with Crippen molar-refractivity contribution in [3.05, 3.63) is 35.7 Å². The van der Waals surface area contributed by atoms with Crippen molar-refractivity contribution in [2.45, 2.75) is 13.3 Å². The predicted octanol–water partition coefficient (Wildman–Crippen LogP) is 3.62. The summed E-state index contributed by atoms with van der Waals surface area (Å²) in [7, 11) is 5.65. The Kier molecular flexibility index (Phi) is 7.18. The molecule has 0 atom stereocenters. The molecule has 1 amide bonds. The van der Waals surface area contributed by atoms with Crippen molar-refractivity contribution in [2.75, 3.05) is 39.2 Å². The van der Waals surface area contributed by atoms with Gasteiger partial charge in [0.05, 0.1) is 23.0 Å². The van der Waals surface area contributed by atoms with Gasteiger partial charge in [-0.25, -0.2) is 4.98 Å². The average molecular weight is 411 g/mol. The molecule has 0 radical (unpaired) electrons. The molecule has 0 aliphatic carbocycles. The molecule has 7 nitrogen and oxygen atoms in total. The van der Waals surface area contributed by atoms with Crippen molar-refractivity contribution in [1.82, 2.24) is 15.0 Å². The minimum atomic E-state index is -0.227. The normalized spacial score (nSPS) is 10.9. The summed E-state index contributed by atoms with van der Waals surface area (Å²) < 4.78 is 11.4. The number of fused-ring (bicyclic) bond motifs is 1. The third-order valence-electron chi connectivity index (χ3n) is 3.89. The van der Waals surface area contributed by atoms with E-state index in [1.54, 1.807) is 25.0 Å². The van der Waals surface area contributed by atoms with E-state index in [1.807, 2.05) is 32.3 Å². The summed E-state index contributed by atoms with van der Waals surface area (Å²) >= 11 is 1.46. The molecule has 0 spiro atoms. The fourth-order valence-electron chi connectivity index (χ4n) is 2.56. The maximum atomic E-state index is 13.0. The van der Waals surface area contributed by atoms with Crippen molar-refractivity contribution < 1.29 is 14.1 Å². The average Bonchev–Trinajstić information content (AvgIpc) is 3.23. The topological polar surface area (TPSA) is 71.7 Å². The molecule has 3 rings (SSSR count). The molecule has 146 valence electrons. The lowest BCUT2D eigenvalue weighted by atomic mass is 10.3. The van der Waals surface area contributed by atoms with Crippen LogP contribution in [0.2, 0.25) is 0 Å². The van der Waals surface area contributed by atoms with E-state index >= 15 is 0 Å². The van der Waals surface area contributed by atoms with E-state index in [4.69, 9.17) is 9.26 Å². The van der Waals surface area contributed by atoms with Gasteiger partial charge < -0.3 is 14.2 Å². The van der Waals surface area contributed by atoms with Crippen LogP contribution in [-0.2, 0) is 0 Å². The number of rotatable bonds is 7. The second-order valence-corrected chi connectivity index (χ2v) is 7.29. The van der Waals surface area contributed by atoms with E-state index in [0.717, 1.165) is 28.9 Å². The first-order valence-electron chi connectivity index (χ1n) is 8.32. The van der Waals surface area contributed by atoms with Crippen LogP contribution in [0.4, 0.5) is 5.13 Å². The number of halogens is 1. The number of amides is 1. The van der Waals surface area contributed by atoms with Gasteiger partial charge >= 0.3 is 0 Å². The molecule has 0 unspecified atom stereocenters. The number of carbonyl (C=O) groups excluding carboxylic acids is 1. The van der Waals surface area contributed by atoms with E-state index in [0.29, 0.717) is 17.4 Å². The quantitative estimate of drug-likeness (QED) is 0.592. The Bertz CT molecular complexity index is 909. The number of hydrogen-bond acceptors (Lipinski definition) is 7. The molecule has 1 aromatic carbocycles. The van der Waals surface area contributed by atoms with Crippen molar-refractivity contribution in [3.63, 3.8) is 0 Å². The maximum Gasteiger partial charge on any atom is 0.298 e. The minimum Gasteiger partial charge on any atom is -0.497 e. The fraction of sp³-hybridized carbons (Fsp3) is 0.389. The number of aromatic nitrogens is 2. The summed E-state index contributed by atoms with van der Waals surface area (Å²) in [6, 6.07) is 7.34. The minimum absolute atomic E-state index is 0. The Labute approximate surface area is 168 Å². The van der Waals surface area contributed by atoms with Crippen LogP contribution in [0.25, 0.3) is 10.2 Å². The number of hydrogen-bond donors (Lipinski definition) is 0. The summed E-state index contributed by atoms with van der Waals surface area (Å²) in [6.45, 7) is 3.21. The fourth-order valence-corrected chi connectivity index (χ4v) is 3.58. The van der Waals surface area contributed by atoms with Gasteiger partial charge in [-0.05, 0) is 52.2 Å². The highest BCUT2D eigenvalue weighted by atomic mass is 35.5. The molecule has 0 saturated heterocycles. The number of aryl methyl sites for hydroxylation is 1. The lowest BCUT2D eigenvalue weighted by Crippen LogP contribution is -2.33. The second kappa shape index (κ2) is 9.16. The van der Waals surface area contributed by atoms with Crippen molar-refractivity contribution in [1.29, 1.82) is 0 Å². The van der Waals surface area contributed by atoms with Crippen molar-refractivity contribution in [2.24, 2.45) is 0 Å². The molecule has 0 N–H and O–H groups in total. The first-order chi connectivity index (χ1) is 12.5. The van der Waals surface area contributed by atoms with E-state index < -0.39 is 0 Å². The first kappa shape index (κ1) is 21.1. The van der Waals surface area contributed by atoms with Crippen molar-refractivity contribution >= 4 is 45.0 Å². The van der Waals surface area contributed by atoms with Gasteiger partial charge in [-0.3, -0.25) is 9.69 Å². The van der Waals surface area contributed by atoms with Gasteiger partial charge in [-0.1, -0.05) is 16.5 Å². The monoisotopic (exact) mass is 410 g/mol. The Morgan fingerprint density at radius 2 is 2.04 bits per heavy atom. The zero-order valence-corrected chi connectivity index (χ0v) is 17.4. The summed E-state index contributed by atoms with van der Waals surface area (Å²) in [4.78, 5) is 21.3. The number of anilines is 1. The predicted molar refractivity (Wildman–Crippen MR) is 110 cm³/mol. The third-order valence-corrected chi connectivity index (χ3v) is 4.93. The molecular formula is C18H23ClN4O3S. The lowest BCUT2D eigenvalue weighted by molar-refractivity contribution is 0.0950. The number of methoxy groups -OCH3 is 1. The van der Waals surface area contributed by atoms with E-state index in [2.05, 4.69) is 15.0 Å². The molecule has 0 fully saturated rings. The summed E-state index contributed by atoms with van der Waals surface area (Å²) in [5.74, 6) is 0.767. The number of ether oxygens (including phenoxy) is 1. The highest BCUT2D eigenvalue weighted by Gasteiger charge is 2.24. The number of thiazole rings is 1. The van der Waals surface area contributed by atoms with E-state index in [-0.39, 0.29) is 24.1 Å². The van der Waals surface area contributed by atoms with E-state index in [1.165, 1.54) is 11.3 Å². The van der Waals surface area contributed by atoms with Crippen molar-refractivity contribution in [3.8, 4) is 5.75 Å². The number of benzene rings is 1. The summed E-state index contributed by atoms with van der Waals surface area (Å²) in [6.07, 6.45) is 0.825. The van der Waals surface area contributed by atoms with Crippen LogP contribution in [0.15, 0.2) is 28.8 Å². The number of nitrogens with zero attached hydrogens (tertiary/aromatic N) is 4. The molecule has 0 aliphatic heterocycles. The van der Waals surface area contributed by atoms with Gasteiger partial charge in [-0.15, -0.1) is 12.4 Å². The Hall–Kier alpha value is -2.16. The van der Waals surface area contributed by atoms with Gasteiger partial charge in [0.15, 0.2) is 5.13 Å². The first-order valence-corrected chi connectivity index (χ1v) is 9.14. The SMILES string of the molecule is COc1ccc2nc(N(CCCN(C)C)C(=O)c3cc(C)no3)sc2c1.Cl.